The highest BCUT2D eigenvalue weighted by atomic mass is 28.4. The first-order valence-electron chi connectivity index (χ1n) is 33.8. The van der Waals surface area contributed by atoms with Gasteiger partial charge in [-0.1, -0.05) is 263 Å². The maximum Gasteiger partial charge on any atom is 0.261 e. The summed E-state index contributed by atoms with van der Waals surface area (Å²) in [6.45, 7) is 28.5. The summed E-state index contributed by atoms with van der Waals surface area (Å²) in [6, 6.07) is 61.2. The summed E-state index contributed by atoms with van der Waals surface area (Å²) in [5, 5.41) is 20.0. The summed E-state index contributed by atoms with van der Waals surface area (Å²) in [4.78, 5) is 3.46. The van der Waals surface area contributed by atoms with Gasteiger partial charge in [0, 0.05) is 29.8 Å². The third-order valence-corrected chi connectivity index (χ3v) is 30.3. The van der Waals surface area contributed by atoms with E-state index in [4.69, 9.17) is 56.2 Å². The first-order chi connectivity index (χ1) is 45.1. The molecule has 4 heterocycles. The van der Waals surface area contributed by atoms with Gasteiger partial charge in [0.15, 0.2) is 25.2 Å². The van der Waals surface area contributed by atoms with Crippen LogP contribution >= 0.6 is 0 Å². The number of ether oxygens (including phenoxy) is 10. The maximum atomic E-state index is 11.7. The van der Waals surface area contributed by atoms with E-state index in [9.17, 15) is 10.6 Å². The van der Waals surface area contributed by atoms with Crippen LogP contribution < -0.4 is 20.7 Å². The van der Waals surface area contributed by atoms with Crippen LogP contribution in [0.4, 0.5) is 0 Å². The Labute approximate surface area is 560 Å². The first kappa shape index (κ1) is 71.3. The molecule has 4 saturated heterocycles. The first-order valence-corrected chi connectivity index (χ1v) is 37.6. The Morgan fingerprint density at radius 2 is 0.787 bits per heavy atom. The highest BCUT2D eigenvalue weighted by Gasteiger charge is 2.57. The molecule has 16 nitrogen and oxygen atoms in total. The number of rotatable bonds is 24. The molecular weight excluding hydrogens is 1220 g/mol. The van der Waals surface area contributed by atoms with Gasteiger partial charge in [-0.05, 0) is 73.2 Å². The molecule has 6 aromatic carbocycles. The standard InChI is InChI=1S/C76H101N3O13Si2/c1-49-50(2)71(81-14)88-62(47-84-93(75(8,9)10,58-37-25-17-26-38-58)59-39-27-18-28-40-59)66(49)90-73-53(5)69(83-46-57-35-23-16-24-36-57)70(55(7)87-73)92-74-64(78-79-77)51(3)67(91-72-52(4)68(65(80)54(6)86-72)82-45-56-33-21-15-22-34-56)63(89-74)48-85-94(76(11,12)13,60-41-29-19-30-42-60)61-43-31-20-32-44-61/h15-44,49-55,62-74,80H,45-48H2,1-14H3/t49-,50?,51-,52?,53?,54?,55?,62?,63?,64?,65-,66+,67+,68+,69+,70?,71+,72+,73+,74+/m1/s1. The van der Waals surface area contributed by atoms with E-state index in [-0.39, 0.29) is 48.3 Å². The third-order valence-electron chi connectivity index (χ3n) is 20.3. The Hall–Kier alpha value is -5.46. The predicted octanol–water partition coefficient (Wildman–Crippen LogP) is 12.3. The topological polar surface area (TPSA) is 180 Å². The summed E-state index contributed by atoms with van der Waals surface area (Å²) >= 11 is 0. The van der Waals surface area contributed by atoms with E-state index in [2.05, 4.69) is 169 Å². The molecule has 4 aliphatic rings. The van der Waals surface area contributed by atoms with E-state index in [1.54, 1.807) is 7.11 Å². The Morgan fingerprint density at radius 1 is 0.426 bits per heavy atom. The van der Waals surface area contributed by atoms with Crippen molar-refractivity contribution in [3.05, 3.63) is 204 Å². The van der Waals surface area contributed by atoms with Gasteiger partial charge in [0.1, 0.15) is 24.4 Å². The zero-order valence-corrected chi connectivity index (χ0v) is 59.4. The van der Waals surface area contributed by atoms with E-state index < -0.39 is 127 Å². The van der Waals surface area contributed by atoms with Crippen LogP contribution in [0.3, 0.4) is 0 Å². The molecule has 1 N–H and O–H groups in total. The lowest BCUT2D eigenvalue weighted by molar-refractivity contribution is -0.363. The van der Waals surface area contributed by atoms with Gasteiger partial charge < -0.3 is 61.3 Å². The number of methoxy groups -OCH3 is 1. The number of aliphatic hydroxyl groups excluding tert-OH is 1. The molecule has 9 unspecified atom stereocenters. The number of aliphatic hydroxyl groups is 1. The van der Waals surface area contributed by atoms with Crippen LogP contribution in [-0.4, -0.2) is 134 Å². The second kappa shape index (κ2) is 31.4. The summed E-state index contributed by atoms with van der Waals surface area (Å²) < 4.78 is 85.4. The van der Waals surface area contributed by atoms with Crippen molar-refractivity contribution in [1.29, 1.82) is 0 Å². The molecule has 6 aromatic rings. The van der Waals surface area contributed by atoms with E-state index in [0.717, 1.165) is 31.9 Å². The Balaban J connectivity index is 0.984. The number of hydrogen-bond donors (Lipinski definition) is 1. The van der Waals surface area contributed by atoms with Gasteiger partial charge in [0.05, 0.1) is 69.1 Å². The Kier molecular flexibility index (Phi) is 23.8. The highest BCUT2D eigenvalue weighted by Crippen LogP contribution is 2.45. The SMILES string of the molecule is CO[C@H]1OC(CO[Si](c2ccccc2)(c2ccccc2)C(C)(C)C)[C@@H](O[C@@H]2OC(C)C(O[C@@H]3OC(CO[Si](c4ccccc4)(c4ccccc4)C(C)(C)C)[C@@H](O[C@@H]4OC(C)[C@@H](O)[C@@H](OCc5ccccc5)C4C)[C@H](C)C3N=[N+]=[N-])[C@@H](OCc3ccccc3)C2C)[C@H](C)C1C. The Bertz CT molecular complexity index is 3240. The van der Waals surface area contributed by atoms with Gasteiger partial charge in [-0.2, -0.15) is 0 Å². The van der Waals surface area contributed by atoms with Gasteiger partial charge >= 0.3 is 0 Å². The minimum Gasteiger partial charge on any atom is -0.405 e. The number of hydrogen-bond acceptors (Lipinski definition) is 14. The molecule has 20 atom stereocenters. The summed E-state index contributed by atoms with van der Waals surface area (Å²) in [6.07, 6.45) is -10.4. The van der Waals surface area contributed by atoms with E-state index in [1.165, 1.54) is 0 Å². The molecule has 94 heavy (non-hydrogen) atoms. The molecule has 0 spiro atoms. The smallest absolute Gasteiger partial charge is 0.261 e. The molecule has 0 bridgehead atoms. The van der Waals surface area contributed by atoms with Crippen LogP contribution in [0.25, 0.3) is 10.4 Å². The fourth-order valence-corrected chi connectivity index (χ4v) is 24.0. The van der Waals surface area contributed by atoms with Crippen LogP contribution in [-0.2, 0) is 69.4 Å². The average Bonchev–Trinajstić information content (AvgIpc) is 0.755. The molecule has 4 fully saturated rings. The molecular formula is C76H101N3O13Si2. The third kappa shape index (κ3) is 15.3. The average molecular weight is 1320 g/mol. The molecule has 0 radical (unpaired) electrons. The zero-order chi connectivity index (χ0) is 67.0. The number of nitrogens with zero attached hydrogens (tertiary/aromatic N) is 3. The lowest BCUT2D eigenvalue weighted by Crippen LogP contribution is -2.68. The Morgan fingerprint density at radius 3 is 1.19 bits per heavy atom. The predicted molar refractivity (Wildman–Crippen MR) is 370 cm³/mol. The molecule has 10 rings (SSSR count). The number of azide groups is 1. The van der Waals surface area contributed by atoms with Crippen molar-refractivity contribution in [3.8, 4) is 0 Å². The fourth-order valence-electron chi connectivity index (χ4n) is 14.9. The van der Waals surface area contributed by atoms with Crippen molar-refractivity contribution in [2.45, 2.75) is 206 Å². The fraction of sp³-hybridized carbons (Fsp3) is 0.526. The minimum atomic E-state index is -3.22. The van der Waals surface area contributed by atoms with Gasteiger partial charge in [0.2, 0.25) is 0 Å². The van der Waals surface area contributed by atoms with Crippen molar-refractivity contribution in [2.24, 2.45) is 34.7 Å². The van der Waals surface area contributed by atoms with Crippen LogP contribution in [0.15, 0.2) is 187 Å². The second-order valence-electron chi connectivity index (χ2n) is 28.5. The van der Waals surface area contributed by atoms with Crippen molar-refractivity contribution in [1.82, 2.24) is 0 Å². The van der Waals surface area contributed by atoms with Crippen LogP contribution in [0.5, 0.6) is 0 Å². The lowest BCUT2D eigenvalue weighted by atomic mass is 9.84. The molecule has 0 aromatic heterocycles. The maximum absolute atomic E-state index is 11.7. The van der Waals surface area contributed by atoms with Crippen LogP contribution in [0.1, 0.15) is 101 Å². The van der Waals surface area contributed by atoms with Crippen LogP contribution in [0, 0.1) is 29.6 Å². The molecule has 0 saturated carbocycles. The van der Waals surface area contributed by atoms with Gasteiger partial charge in [-0.25, -0.2) is 0 Å². The van der Waals surface area contributed by atoms with Crippen molar-refractivity contribution < 1.29 is 61.3 Å². The molecule has 506 valence electrons. The monoisotopic (exact) mass is 1320 g/mol. The quantitative estimate of drug-likeness (QED) is 0.0262. The lowest BCUT2D eigenvalue weighted by Gasteiger charge is -2.52. The molecule has 4 aliphatic heterocycles. The van der Waals surface area contributed by atoms with E-state index in [0.29, 0.717) is 0 Å². The zero-order valence-electron chi connectivity index (χ0n) is 57.4. The van der Waals surface area contributed by atoms with E-state index >= 15 is 0 Å². The van der Waals surface area contributed by atoms with Crippen molar-refractivity contribution >= 4 is 37.4 Å². The van der Waals surface area contributed by atoms with Gasteiger partial charge in [-0.15, -0.1) is 0 Å². The largest absolute Gasteiger partial charge is 0.405 e. The minimum absolute atomic E-state index is 0.0558. The van der Waals surface area contributed by atoms with Gasteiger partial charge in [-0.3, -0.25) is 0 Å². The summed E-state index contributed by atoms with van der Waals surface area (Å²) in [5.74, 6) is -1.59. The van der Waals surface area contributed by atoms with E-state index in [1.807, 2.05) is 113 Å². The second-order valence-corrected chi connectivity index (χ2v) is 37.1. The van der Waals surface area contributed by atoms with Crippen molar-refractivity contribution in [3.63, 3.8) is 0 Å². The van der Waals surface area contributed by atoms with Gasteiger partial charge in [0.25, 0.3) is 16.6 Å². The van der Waals surface area contributed by atoms with Crippen LogP contribution in [0.2, 0.25) is 10.1 Å². The normalized spacial score (nSPS) is 31.9. The number of benzene rings is 6. The molecule has 0 aliphatic carbocycles. The highest BCUT2D eigenvalue weighted by molar-refractivity contribution is 7.00. The summed E-state index contributed by atoms with van der Waals surface area (Å²) in [5.41, 5.74) is 12.5. The summed E-state index contributed by atoms with van der Waals surface area (Å²) in [7, 11) is -4.56. The van der Waals surface area contributed by atoms with Crippen molar-refractivity contribution in [2.75, 3.05) is 20.3 Å². The molecule has 0 amide bonds. The molecule has 18 heteroatoms.